The van der Waals surface area contributed by atoms with Crippen molar-refractivity contribution in [2.75, 3.05) is 6.54 Å². The number of carbonyl (C=O) groups is 3. The molecule has 0 fully saturated rings. The van der Waals surface area contributed by atoms with E-state index in [1.165, 1.54) is 0 Å². The lowest BCUT2D eigenvalue weighted by Crippen LogP contribution is -2.47. The van der Waals surface area contributed by atoms with Crippen molar-refractivity contribution in [3.63, 3.8) is 0 Å². The molecule has 2 heterocycles. The summed E-state index contributed by atoms with van der Waals surface area (Å²) in [5.41, 5.74) is 4.88. The van der Waals surface area contributed by atoms with Crippen molar-refractivity contribution in [1.29, 1.82) is 0 Å². The lowest BCUT2D eigenvalue weighted by atomic mass is 10.0. The average molecular weight is 513 g/mol. The number of aryl methyl sites for hydroxylation is 1. The Morgan fingerprint density at radius 3 is 2.42 bits per heavy atom. The molecule has 0 spiro atoms. The number of fused-ring (bicyclic) bond motifs is 1. The molecule has 4 aromatic rings. The zero-order chi connectivity index (χ0) is 26.9. The van der Waals surface area contributed by atoms with Gasteiger partial charge >= 0.3 is 0 Å². The van der Waals surface area contributed by atoms with Crippen LogP contribution in [0.25, 0.3) is 22.2 Å². The fourth-order valence-corrected chi connectivity index (χ4v) is 4.84. The van der Waals surface area contributed by atoms with E-state index in [0.717, 1.165) is 47.0 Å². The smallest absolute Gasteiger partial charge is 0.268 e. The molecule has 0 radical (unpaired) electrons. The Labute approximate surface area is 223 Å². The first-order chi connectivity index (χ1) is 18.4. The van der Waals surface area contributed by atoms with Crippen LogP contribution in [-0.2, 0) is 23.1 Å². The quantitative estimate of drug-likeness (QED) is 0.216. The number of ketones is 1. The third-order valence-electron chi connectivity index (χ3n) is 6.87. The second kappa shape index (κ2) is 12.9. The molecule has 0 saturated carbocycles. The SMILES string of the molecule is CC(=O)CCCCC[C@H](NC(=O)c1cccn1C)C(=O)NCCc1c(-c2ccccc2)[nH]c2ccccc12. The summed E-state index contributed by atoms with van der Waals surface area (Å²) in [7, 11) is 1.80. The highest BCUT2D eigenvalue weighted by molar-refractivity contribution is 5.96. The second-order valence-corrected chi connectivity index (χ2v) is 9.76. The van der Waals surface area contributed by atoms with Crippen LogP contribution in [-0.4, -0.2) is 39.7 Å². The monoisotopic (exact) mass is 512 g/mol. The Morgan fingerprint density at radius 1 is 0.921 bits per heavy atom. The number of para-hydroxylation sites is 1. The molecule has 7 heteroatoms. The van der Waals surface area contributed by atoms with Crippen LogP contribution >= 0.6 is 0 Å². The van der Waals surface area contributed by atoms with Crippen LogP contribution in [0.3, 0.4) is 0 Å². The van der Waals surface area contributed by atoms with Gasteiger partial charge in [-0.25, -0.2) is 0 Å². The van der Waals surface area contributed by atoms with E-state index >= 15 is 0 Å². The second-order valence-electron chi connectivity index (χ2n) is 9.76. The summed E-state index contributed by atoms with van der Waals surface area (Å²) in [5, 5.41) is 7.12. The summed E-state index contributed by atoms with van der Waals surface area (Å²) in [6, 6.07) is 21.3. The zero-order valence-electron chi connectivity index (χ0n) is 22.1. The highest BCUT2D eigenvalue weighted by atomic mass is 16.2. The average Bonchev–Trinajstić information content (AvgIpc) is 3.51. The molecule has 2 aromatic heterocycles. The summed E-state index contributed by atoms with van der Waals surface area (Å²) < 4.78 is 1.74. The van der Waals surface area contributed by atoms with Crippen LogP contribution in [0.5, 0.6) is 0 Å². The number of carbonyl (C=O) groups excluding carboxylic acids is 3. The molecule has 0 bridgehead atoms. The van der Waals surface area contributed by atoms with Crippen molar-refractivity contribution in [2.24, 2.45) is 7.05 Å². The van der Waals surface area contributed by atoms with Crippen LogP contribution in [0.1, 0.15) is 55.1 Å². The molecule has 4 rings (SSSR count). The van der Waals surface area contributed by atoms with Crippen molar-refractivity contribution >= 4 is 28.5 Å². The number of hydrogen-bond acceptors (Lipinski definition) is 3. The largest absolute Gasteiger partial charge is 0.354 e. The van der Waals surface area contributed by atoms with Crippen molar-refractivity contribution < 1.29 is 14.4 Å². The first kappa shape index (κ1) is 26.9. The third-order valence-corrected chi connectivity index (χ3v) is 6.87. The molecule has 2 aromatic carbocycles. The van der Waals surface area contributed by atoms with Crippen molar-refractivity contribution in [1.82, 2.24) is 20.2 Å². The standard InChI is InChI=1S/C31H36N4O3/c1-22(36)12-5-3-8-17-27(34-31(38)28-18-11-21-35(28)2)30(37)32-20-19-25-24-15-9-10-16-26(24)33-29(25)23-13-6-4-7-14-23/h4,6-7,9-11,13-16,18,21,27,33H,3,5,8,12,17,19-20H2,1-2H3,(H,32,37)(H,34,38)/t27-/m0/s1. The molecular weight excluding hydrogens is 476 g/mol. The topological polar surface area (TPSA) is 96.0 Å². The number of nitrogens with zero attached hydrogens (tertiary/aromatic N) is 1. The van der Waals surface area contributed by atoms with Gasteiger partial charge in [-0.2, -0.15) is 0 Å². The Kier molecular flexibility index (Phi) is 9.14. The van der Waals surface area contributed by atoms with E-state index in [2.05, 4.69) is 39.9 Å². The predicted molar refractivity (Wildman–Crippen MR) is 151 cm³/mol. The molecule has 3 N–H and O–H groups in total. The van der Waals surface area contributed by atoms with Gasteiger partial charge in [0.1, 0.15) is 17.5 Å². The number of unbranched alkanes of at least 4 members (excludes halogenated alkanes) is 2. The molecule has 0 unspecified atom stereocenters. The summed E-state index contributed by atoms with van der Waals surface area (Å²) >= 11 is 0. The number of benzene rings is 2. The van der Waals surface area contributed by atoms with Gasteiger partial charge in [0.15, 0.2) is 0 Å². The van der Waals surface area contributed by atoms with E-state index in [9.17, 15) is 14.4 Å². The highest BCUT2D eigenvalue weighted by Gasteiger charge is 2.22. The normalized spacial score (nSPS) is 11.8. The van der Waals surface area contributed by atoms with E-state index in [-0.39, 0.29) is 17.6 Å². The lowest BCUT2D eigenvalue weighted by Gasteiger charge is -2.19. The molecule has 38 heavy (non-hydrogen) atoms. The Hall–Kier alpha value is -4.13. The molecule has 0 aliphatic heterocycles. The molecule has 0 aliphatic rings. The van der Waals surface area contributed by atoms with Gasteiger partial charge in [0.2, 0.25) is 5.91 Å². The van der Waals surface area contributed by atoms with Crippen molar-refractivity contribution in [3.05, 3.63) is 84.2 Å². The number of aromatic nitrogens is 2. The maximum atomic E-state index is 13.3. The molecule has 7 nitrogen and oxygen atoms in total. The fraction of sp³-hybridized carbons (Fsp3) is 0.323. The first-order valence-electron chi connectivity index (χ1n) is 13.3. The third kappa shape index (κ3) is 6.79. The number of rotatable bonds is 13. The maximum absolute atomic E-state index is 13.3. The summed E-state index contributed by atoms with van der Waals surface area (Å²) in [5.74, 6) is -0.298. The van der Waals surface area contributed by atoms with E-state index in [4.69, 9.17) is 0 Å². The molecule has 0 aliphatic carbocycles. The number of aromatic amines is 1. The van der Waals surface area contributed by atoms with E-state index in [1.54, 1.807) is 36.9 Å². The maximum Gasteiger partial charge on any atom is 0.268 e. The minimum absolute atomic E-state index is 0.170. The minimum atomic E-state index is -0.647. The molecular formula is C31H36N4O3. The zero-order valence-corrected chi connectivity index (χ0v) is 22.1. The Bertz CT molecular complexity index is 1390. The van der Waals surface area contributed by atoms with Crippen LogP contribution in [0, 0.1) is 0 Å². The van der Waals surface area contributed by atoms with Crippen LogP contribution in [0.4, 0.5) is 0 Å². The summed E-state index contributed by atoms with van der Waals surface area (Å²) in [6.07, 6.45) is 5.88. The van der Waals surface area contributed by atoms with Crippen molar-refractivity contribution in [2.45, 2.75) is 51.5 Å². The van der Waals surface area contributed by atoms with Crippen LogP contribution in [0.2, 0.25) is 0 Å². The van der Waals surface area contributed by atoms with Gasteiger partial charge in [-0.05, 0) is 55.5 Å². The van der Waals surface area contributed by atoms with E-state index < -0.39 is 6.04 Å². The number of hydrogen-bond donors (Lipinski definition) is 3. The number of amides is 2. The Balaban J connectivity index is 1.43. The fourth-order valence-electron chi connectivity index (χ4n) is 4.84. The summed E-state index contributed by atoms with van der Waals surface area (Å²) in [4.78, 5) is 40.9. The van der Waals surface area contributed by atoms with Gasteiger partial charge in [0.05, 0.1) is 0 Å². The molecule has 1 atom stereocenters. The van der Waals surface area contributed by atoms with Gasteiger partial charge < -0.3 is 25.0 Å². The van der Waals surface area contributed by atoms with E-state index in [0.29, 0.717) is 31.5 Å². The molecule has 2 amide bonds. The van der Waals surface area contributed by atoms with Gasteiger partial charge in [-0.15, -0.1) is 0 Å². The van der Waals surface area contributed by atoms with Crippen LogP contribution in [0.15, 0.2) is 72.9 Å². The van der Waals surface area contributed by atoms with Crippen molar-refractivity contribution in [3.8, 4) is 11.3 Å². The molecule has 198 valence electrons. The Morgan fingerprint density at radius 2 is 1.68 bits per heavy atom. The predicted octanol–water partition coefficient (Wildman–Crippen LogP) is 5.17. The number of nitrogens with one attached hydrogen (secondary N) is 3. The van der Waals surface area contributed by atoms with Gasteiger partial charge in [0.25, 0.3) is 5.91 Å². The van der Waals surface area contributed by atoms with Crippen LogP contribution < -0.4 is 10.6 Å². The van der Waals surface area contributed by atoms with Gasteiger partial charge in [-0.3, -0.25) is 9.59 Å². The number of Topliss-reactive ketones (excluding diaryl/α,β-unsaturated/α-hetero) is 1. The highest BCUT2D eigenvalue weighted by Crippen LogP contribution is 2.30. The van der Waals surface area contributed by atoms with E-state index in [1.807, 2.05) is 30.3 Å². The van der Waals surface area contributed by atoms with Gasteiger partial charge in [-0.1, -0.05) is 61.4 Å². The first-order valence-corrected chi connectivity index (χ1v) is 13.3. The number of H-pyrrole nitrogens is 1. The minimum Gasteiger partial charge on any atom is -0.354 e. The lowest BCUT2D eigenvalue weighted by molar-refractivity contribution is -0.123. The summed E-state index contributed by atoms with van der Waals surface area (Å²) in [6.45, 7) is 2.04. The van der Waals surface area contributed by atoms with Gasteiger partial charge in [0, 0.05) is 42.8 Å². The molecule has 0 saturated heterocycles.